The minimum Gasteiger partial charge on any atom is -0.456 e. The number of hydrogen-bond acceptors (Lipinski definition) is 6. The Bertz CT molecular complexity index is 844. The smallest absolute Gasteiger partial charge is 0.307 e. The highest BCUT2D eigenvalue weighted by atomic mass is 35.5. The first-order chi connectivity index (χ1) is 12.8. The number of carbonyl (C=O) groups excluding carboxylic acids is 2. The van der Waals surface area contributed by atoms with Crippen LogP contribution in [0.1, 0.15) is 32.1 Å². The molecule has 1 aliphatic rings. The number of carbonyl (C=O) groups is 2. The van der Waals surface area contributed by atoms with Crippen molar-refractivity contribution >= 4 is 33.5 Å². The van der Waals surface area contributed by atoms with Gasteiger partial charge < -0.3 is 10.1 Å². The van der Waals surface area contributed by atoms with Crippen LogP contribution in [0.4, 0.5) is 0 Å². The fourth-order valence-corrected chi connectivity index (χ4v) is 4.34. The second kappa shape index (κ2) is 9.17. The number of benzene rings is 1. The van der Waals surface area contributed by atoms with E-state index in [2.05, 4.69) is 16.1 Å². The van der Waals surface area contributed by atoms with Crippen LogP contribution in [-0.4, -0.2) is 39.0 Å². The van der Waals surface area contributed by atoms with Gasteiger partial charge in [-0.3, -0.25) is 9.59 Å². The van der Waals surface area contributed by atoms with Gasteiger partial charge >= 0.3 is 5.97 Å². The molecular weight excluding hydrogens is 394 g/mol. The van der Waals surface area contributed by atoms with Crippen LogP contribution >= 0.6 is 11.6 Å². The number of esters is 1. The van der Waals surface area contributed by atoms with Gasteiger partial charge in [0.25, 0.3) is 5.91 Å². The van der Waals surface area contributed by atoms with E-state index in [0.717, 1.165) is 12.8 Å². The zero-order valence-corrected chi connectivity index (χ0v) is 16.1. The van der Waals surface area contributed by atoms with Gasteiger partial charge in [-0.25, -0.2) is 13.1 Å². The molecule has 0 heterocycles. The van der Waals surface area contributed by atoms with Crippen LogP contribution < -0.4 is 10.0 Å². The molecule has 1 aromatic carbocycles. The third-order valence-corrected chi connectivity index (χ3v) is 6.12. The topological polar surface area (TPSA) is 125 Å². The molecule has 1 amide bonds. The molecule has 0 unspecified atom stereocenters. The molecule has 0 spiro atoms. The predicted octanol–water partition coefficient (Wildman–Crippen LogP) is 1.50. The normalized spacial score (nSPS) is 15.7. The summed E-state index contributed by atoms with van der Waals surface area (Å²) in [5.41, 5.74) is -0.881. The van der Waals surface area contributed by atoms with Gasteiger partial charge in [0.1, 0.15) is 10.4 Å². The largest absolute Gasteiger partial charge is 0.456 e. The third-order valence-electron chi connectivity index (χ3n) is 4.16. The number of nitrogens with zero attached hydrogens (tertiary/aromatic N) is 1. The first kappa shape index (κ1) is 21.2. The van der Waals surface area contributed by atoms with Crippen molar-refractivity contribution in [2.45, 2.75) is 42.5 Å². The van der Waals surface area contributed by atoms with Gasteiger partial charge in [0.15, 0.2) is 6.61 Å². The Kier molecular flexibility index (Phi) is 7.18. The average molecular weight is 414 g/mol. The van der Waals surface area contributed by atoms with Crippen molar-refractivity contribution in [1.29, 1.82) is 5.26 Å². The van der Waals surface area contributed by atoms with E-state index in [4.69, 9.17) is 16.3 Å². The van der Waals surface area contributed by atoms with E-state index in [1.165, 1.54) is 18.2 Å². The van der Waals surface area contributed by atoms with Gasteiger partial charge in [-0.15, -0.1) is 0 Å². The molecule has 146 valence electrons. The van der Waals surface area contributed by atoms with Crippen LogP contribution in [0.3, 0.4) is 0 Å². The second-order valence-corrected chi connectivity index (χ2v) is 8.33. The van der Waals surface area contributed by atoms with Crippen LogP contribution in [0.5, 0.6) is 0 Å². The molecule has 0 radical (unpaired) electrons. The number of amides is 1. The standard InChI is InChI=1S/C17H20ClN3O5S/c18-13-5-1-2-6-14(13)27(24,25)20-10-7-16(23)26-11-15(22)21-17(12-19)8-3-4-9-17/h1-2,5-6,20H,3-4,7-11H2,(H,21,22). The van der Waals surface area contributed by atoms with Gasteiger partial charge in [0.05, 0.1) is 17.5 Å². The van der Waals surface area contributed by atoms with Gasteiger partial charge in [-0.1, -0.05) is 23.7 Å². The lowest BCUT2D eigenvalue weighted by atomic mass is 10.00. The zero-order chi connectivity index (χ0) is 19.9. The lowest BCUT2D eigenvalue weighted by Gasteiger charge is -2.21. The summed E-state index contributed by atoms with van der Waals surface area (Å²) in [6.45, 7) is -0.713. The summed E-state index contributed by atoms with van der Waals surface area (Å²) in [5.74, 6) is -1.28. The summed E-state index contributed by atoms with van der Waals surface area (Å²) >= 11 is 5.85. The molecule has 1 aliphatic carbocycles. The summed E-state index contributed by atoms with van der Waals surface area (Å²) in [5, 5.41) is 11.9. The van der Waals surface area contributed by atoms with Crippen molar-refractivity contribution in [3.05, 3.63) is 29.3 Å². The first-order valence-electron chi connectivity index (χ1n) is 8.40. The molecule has 2 rings (SSSR count). The highest BCUT2D eigenvalue weighted by Crippen LogP contribution is 2.28. The molecule has 10 heteroatoms. The van der Waals surface area contributed by atoms with E-state index in [-0.39, 0.29) is 22.9 Å². The molecule has 0 saturated heterocycles. The summed E-state index contributed by atoms with van der Waals surface area (Å²) < 4.78 is 31.3. The molecule has 0 atom stereocenters. The van der Waals surface area contributed by atoms with Crippen molar-refractivity contribution in [2.24, 2.45) is 0 Å². The molecule has 0 bridgehead atoms. The molecular formula is C17H20ClN3O5S. The van der Waals surface area contributed by atoms with E-state index in [9.17, 15) is 23.3 Å². The number of halogens is 1. The molecule has 1 fully saturated rings. The number of nitrogens with one attached hydrogen (secondary N) is 2. The maximum absolute atomic E-state index is 12.1. The molecule has 1 saturated carbocycles. The zero-order valence-electron chi connectivity index (χ0n) is 14.5. The summed E-state index contributed by atoms with van der Waals surface area (Å²) in [6, 6.07) is 8.04. The van der Waals surface area contributed by atoms with Crippen LogP contribution in [0.2, 0.25) is 5.02 Å². The van der Waals surface area contributed by atoms with Crippen LogP contribution in [0.15, 0.2) is 29.2 Å². The van der Waals surface area contributed by atoms with E-state index in [1.807, 2.05) is 0 Å². The minimum absolute atomic E-state index is 0.0718. The van der Waals surface area contributed by atoms with E-state index in [1.54, 1.807) is 6.07 Å². The van der Waals surface area contributed by atoms with E-state index in [0.29, 0.717) is 12.8 Å². The van der Waals surface area contributed by atoms with Crippen LogP contribution in [-0.2, 0) is 24.3 Å². The fourth-order valence-electron chi connectivity index (χ4n) is 2.79. The van der Waals surface area contributed by atoms with Gasteiger partial charge in [0, 0.05) is 6.54 Å². The molecule has 2 N–H and O–H groups in total. The summed E-state index contributed by atoms with van der Waals surface area (Å²) in [4.78, 5) is 23.5. The van der Waals surface area contributed by atoms with Gasteiger partial charge in [0.2, 0.25) is 10.0 Å². The first-order valence-corrected chi connectivity index (χ1v) is 10.3. The Hall–Kier alpha value is -2.15. The molecule has 0 aliphatic heterocycles. The Morgan fingerprint density at radius 2 is 1.93 bits per heavy atom. The van der Waals surface area contributed by atoms with Crippen molar-refractivity contribution in [1.82, 2.24) is 10.0 Å². The quantitative estimate of drug-likeness (QED) is 0.622. The molecule has 1 aromatic rings. The highest BCUT2D eigenvalue weighted by molar-refractivity contribution is 7.89. The SMILES string of the molecule is N#CC1(NC(=O)COC(=O)CCNS(=O)(=O)c2ccccc2Cl)CCCC1. The Morgan fingerprint density at radius 1 is 1.26 bits per heavy atom. The predicted molar refractivity (Wildman–Crippen MR) is 97.2 cm³/mol. The van der Waals surface area contributed by atoms with Gasteiger partial charge in [-0.05, 0) is 37.8 Å². The van der Waals surface area contributed by atoms with Gasteiger partial charge in [-0.2, -0.15) is 5.26 Å². The summed E-state index contributed by atoms with van der Waals surface area (Å²) in [7, 11) is -3.85. The van der Waals surface area contributed by atoms with Crippen LogP contribution in [0, 0.1) is 11.3 Å². The number of hydrogen-bond donors (Lipinski definition) is 2. The Labute approximate surface area is 162 Å². The van der Waals surface area contributed by atoms with Crippen molar-refractivity contribution in [3.63, 3.8) is 0 Å². The van der Waals surface area contributed by atoms with Crippen LogP contribution in [0.25, 0.3) is 0 Å². The second-order valence-electron chi connectivity index (χ2n) is 6.19. The minimum atomic E-state index is -3.85. The lowest BCUT2D eigenvalue weighted by molar-refractivity contribution is -0.148. The Morgan fingerprint density at radius 3 is 2.56 bits per heavy atom. The molecule has 0 aromatic heterocycles. The monoisotopic (exact) mass is 413 g/mol. The maximum atomic E-state index is 12.1. The maximum Gasteiger partial charge on any atom is 0.307 e. The van der Waals surface area contributed by atoms with Crippen molar-refractivity contribution in [3.8, 4) is 6.07 Å². The number of rotatable bonds is 8. The van der Waals surface area contributed by atoms with E-state index < -0.39 is 34.0 Å². The number of ether oxygens (including phenoxy) is 1. The fraction of sp³-hybridized carbons (Fsp3) is 0.471. The number of nitriles is 1. The summed E-state index contributed by atoms with van der Waals surface area (Å²) in [6.07, 6.45) is 2.62. The lowest BCUT2D eigenvalue weighted by Crippen LogP contribution is -2.46. The average Bonchev–Trinajstić information content (AvgIpc) is 3.09. The highest BCUT2D eigenvalue weighted by Gasteiger charge is 2.35. The van der Waals surface area contributed by atoms with Crippen molar-refractivity contribution in [2.75, 3.05) is 13.2 Å². The molecule has 8 nitrogen and oxygen atoms in total. The Balaban J connectivity index is 1.74. The molecule has 27 heavy (non-hydrogen) atoms. The number of sulfonamides is 1. The van der Waals surface area contributed by atoms with E-state index >= 15 is 0 Å². The van der Waals surface area contributed by atoms with Crippen molar-refractivity contribution < 1.29 is 22.7 Å². The third kappa shape index (κ3) is 5.92.